The Balaban J connectivity index is 1.70. The van der Waals surface area contributed by atoms with Gasteiger partial charge in [0.25, 0.3) is 0 Å². The van der Waals surface area contributed by atoms with Crippen molar-refractivity contribution in [3.05, 3.63) is 46.8 Å². The van der Waals surface area contributed by atoms with Crippen LogP contribution in [-0.2, 0) is 17.7 Å². The van der Waals surface area contributed by atoms with Crippen molar-refractivity contribution < 1.29 is 14.1 Å². The van der Waals surface area contributed by atoms with E-state index in [1.807, 2.05) is 25.1 Å². The maximum absolute atomic E-state index is 11.7. The lowest BCUT2D eigenvalue weighted by Crippen LogP contribution is -2.24. The second-order valence-corrected chi connectivity index (χ2v) is 5.98. The molecule has 1 aliphatic rings. The van der Waals surface area contributed by atoms with Crippen LogP contribution in [0.25, 0.3) is 0 Å². The monoisotopic (exact) mass is 329 g/mol. The van der Waals surface area contributed by atoms with Crippen molar-refractivity contribution in [3.8, 4) is 0 Å². The predicted octanol–water partition coefficient (Wildman–Crippen LogP) is 3.35. The lowest BCUT2D eigenvalue weighted by molar-refractivity contribution is 0.181. The maximum atomic E-state index is 11.7. The molecule has 1 saturated heterocycles. The van der Waals surface area contributed by atoms with Crippen LogP contribution in [0.3, 0.4) is 0 Å². The third kappa shape index (κ3) is 3.28. The quantitative estimate of drug-likeness (QED) is 0.880. The van der Waals surface area contributed by atoms with E-state index in [0.717, 1.165) is 34.7 Å². The van der Waals surface area contributed by atoms with Gasteiger partial charge >= 0.3 is 6.09 Å². The Hall–Kier alpha value is -2.34. The van der Waals surface area contributed by atoms with Crippen molar-refractivity contribution in [2.45, 2.75) is 39.8 Å². The van der Waals surface area contributed by atoms with Gasteiger partial charge in [0.2, 0.25) is 0 Å². The van der Waals surface area contributed by atoms with Crippen molar-refractivity contribution in [2.75, 3.05) is 18.1 Å². The van der Waals surface area contributed by atoms with Gasteiger partial charge in [-0.05, 0) is 38.0 Å². The number of rotatable bonds is 6. The van der Waals surface area contributed by atoms with E-state index in [1.165, 1.54) is 0 Å². The Morgan fingerprint density at radius 2 is 2.25 bits per heavy atom. The van der Waals surface area contributed by atoms with E-state index >= 15 is 0 Å². The molecular weight excluding hydrogens is 306 g/mol. The normalized spacial score (nSPS) is 15.6. The highest BCUT2D eigenvalue weighted by Gasteiger charge is 2.24. The van der Waals surface area contributed by atoms with Crippen LogP contribution in [0.2, 0.25) is 0 Å². The first kappa shape index (κ1) is 16.5. The van der Waals surface area contributed by atoms with Gasteiger partial charge in [0.1, 0.15) is 12.4 Å². The molecule has 1 fully saturated rings. The molecule has 0 radical (unpaired) electrons. The molecule has 2 aromatic rings. The molecule has 1 aromatic heterocycles. The summed E-state index contributed by atoms with van der Waals surface area (Å²) in [6.07, 6.45) is 0.579. The van der Waals surface area contributed by atoms with Crippen LogP contribution in [0.5, 0.6) is 0 Å². The fourth-order valence-electron chi connectivity index (χ4n) is 2.90. The number of carbonyl (C=O) groups excluding carboxylic acids is 1. The number of cyclic esters (lactones) is 1. The van der Waals surface area contributed by atoms with Crippen LogP contribution in [0.15, 0.2) is 28.8 Å². The average Bonchev–Trinajstić information content (AvgIpc) is 3.18. The molecule has 6 heteroatoms. The van der Waals surface area contributed by atoms with Gasteiger partial charge < -0.3 is 14.6 Å². The number of nitrogens with one attached hydrogen (secondary N) is 1. The van der Waals surface area contributed by atoms with Crippen molar-refractivity contribution in [1.82, 2.24) is 10.5 Å². The van der Waals surface area contributed by atoms with Crippen LogP contribution in [0.1, 0.15) is 42.5 Å². The molecule has 24 heavy (non-hydrogen) atoms. The molecule has 2 heterocycles. The zero-order valence-electron chi connectivity index (χ0n) is 14.3. The molecule has 0 spiro atoms. The summed E-state index contributed by atoms with van der Waals surface area (Å²) >= 11 is 0. The molecule has 6 nitrogen and oxygen atoms in total. The largest absolute Gasteiger partial charge is 0.447 e. The highest BCUT2D eigenvalue weighted by atomic mass is 16.6. The van der Waals surface area contributed by atoms with Crippen LogP contribution in [-0.4, -0.2) is 24.4 Å². The summed E-state index contributed by atoms with van der Waals surface area (Å²) in [5.74, 6) is 0.861. The third-order valence-corrected chi connectivity index (χ3v) is 4.43. The first-order valence-electron chi connectivity index (χ1n) is 8.31. The molecule has 0 unspecified atom stereocenters. The predicted molar refractivity (Wildman–Crippen MR) is 91.0 cm³/mol. The molecule has 1 N–H and O–H groups in total. The number of aryl methyl sites for hydroxylation is 2. The molecule has 128 valence electrons. The summed E-state index contributed by atoms with van der Waals surface area (Å²) in [5.41, 5.74) is 4.13. The molecule has 1 atom stereocenters. The number of hydrogen-bond acceptors (Lipinski definition) is 5. The van der Waals surface area contributed by atoms with E-state index in [2.05, 4.69) is 30.4 Å². The number of benzene rings is 1. The summed E-state index contributed by atoms with van der Waals surface area (Å²) < 4.78 is 10.3. The maximum Gasteiger partial charge on any atom is 0.414 e. The summed E-state index contributed by atoms with van der Waals surface area (Å²) in [5, 5.41) is 7.60. The molecule has 0 bridgehead atoms. The third-order valence-electron chi connectivity index (χ3n) is 4.43. The average molecular weight is 329 g/mol. The lowest BCUT2D eigenvalue weighted by Gasteiger charge is -2.18. The lowest BCUT2D eigenvalue weighted by atomic mass is 10.1. The number of nitrogens with zero attached hydrogens (tertiary/aromatic N) is 2. The molecule has 1 aromatic carbocycles. The number of amides is 1. The van der Waals surface area contributed by atoms with E-state index < -0.39 is 0 Å². The van der Waals surface area contributed by atoms with E-state index in [0.29, 0.717) is 19.7 Å². The minimum Gasteiger partial charge on any atom is -0.447 e. The highest BCUT2D eigenvalue weighted by Crippen LogP contribution is 2.24. The highest BCUT2D eigenvalue weighted by molar-refractivity contribution is 5.89. The summed E-state index contributed by atoms with van der Waals surface area (Å²) in [6.45, 7) is 7.87. The Bertz CT molecular complexity index is 726. The Labute approximate surface area is 141 Å². The zero-order valence-corrected chi connectivity index (χ0v) is 14.3. The molecule has 3 rings (SSSR count). The fourth-order valence-corrected chi connectivity index (χ4v) is 2.90. The number of ether oxygens (including phenoxy) is 1. The van der Waals surface area contributed by atoms with Crippen LogP contribution < -0.4 is 10.2 Å². The smallest absolute Gasteiger partial charge is 0.414 e. The molecule has 0 saturated carbocycles. The zero-order chi connectivity index (χ0) is 17.1. The minimum atomic E-state index is -0.277. The van der Waals surface area contributed by atoms with Crippen LogP contribution in [0, 0.1) is 6.92 Å². The summed E-state index contributed by atoms with van der Waals surface area (Å²) in [6, 6.07) is 8.14. The van der Waals surface area contributed by atoms with Crippen molar-refractivity contribution in [2.24, 2.45) is 0 Å². The molecule has 1 amide bonds. The fraction of sp³-hybridized carbons (Fsp3) is 0.444. The Kier molecular flexibility index (Phi) is 4.85. The van der Waals surface area contributed by atoms with Crippen molar-refractivity contribution in [3.63, 3.8) is 0 Å². The van der Waals surface area contributed by atoms with Gasteiger partial charge in [0.15, 0.2) is 0 Å². The van der Waals surface area contributed by atoms with E-state index in [9.17, 15) is 4.79 Å². The van der Waals surface area contributed by atoms with Crippen LogP contribution in [0.4, 0.5) is 10.5 Å². The van der Waals surface area contributed by atoms with E-state index in [4.69, 9.17) is 9.26 Å². The van der Waals surface area contributed by atoms with Gasteiger partial charge in [-0.15, -0.1) is 0 Å². The molecule has 1 aliphatic heterocycles. The Morgan fingerprint density at radius 1 is 1.42 bits per heavy atom. The first-order chi connectivity index (χ1) is 11.6. The second-order valence-electron chi connectivity index (χ2n) is 5.98. The summed E-state index contributed by atoms with van der Waals surface area (Å²) in [4.78, 5) is 13.4. The number of anilines is 1. The molecular formula is C18H23N3O3. The van der Waals surface area contributed by atoms with Gasteiger partial charge in [-0.25, -0.2) is 4.79 Å². The van der Waals surface area contributed by atoms with Gasteiger partial charge in [-0.1, -0.05) is 24.2 Å². The van der Waals surface area contributed by atoms with Gasteiger partial charge in [0, 0.05) is 23.8 Å². The van der Waals surface area contributed by atoms with Crippen LogP contribution >= 0.6 is 0 Å². The van der Waals surface area contributed by atoms with Gasteiger partial charge in [0.05, 0.1) is 12.2 Å². The van der Waals surface area contributed by atoms with Crippen molar-refractivity contribution in [1.29, 1.82) is 0 Å². The number of aromatic nitrogens is 1. The first-order valence-corrected chi connectivity index (χ1v) is 8.31. The minimum absolute atomic E-state index is 0.141. The van der Waals surface area contributed by atoms with Gasteiger partial charge in [-0.2, -0.15) is 0 Å². The number of carbonyl (C=O) groups is 1. The van der Waals surface area contributed by atoms with Gasteiger partial charge in [-0.3, -0.25) is 4.90 Å². The van der Waals surface area contributed by atoms with Crippen molar-refractivity contribution >= 4 is 11.8 Å². The SMILES string of the molecule is CCc1noc(C)c1CN[C@@H](C)c1cccc(N2CCOC2=O)c1. The second kappa shape index (κ2) is 7.05. The molecule has 0 aliphatic carbocycles. The van der Waals surface area contributed by atoms with E-state index in [-0.39, 0.29) is 12.1 Å². The topological polar surface area (TPSA) is 67.6 Å². The van der Waals surface area contributed by atoms with E-state index in [1.54, 1.807) is 4.90 Å². The standard InChI is InChI=1S/C18H23N3O3/c1-4-17-16(13(3)24-20-17)11-19-12(2)14-6-5-7-15(10-14)21-8-9-23-18(21)22/h5-7,10,12,19H,4,8-9,11H2,1-3H3/t12-/m0/s1. The summed E-state index contributed by atoms with van der Waals surface area (Å²) in [7, 11) is 0. The Morgan fingerprint density at radius 3 is 2.96 bits per heavy atom. The number of hydrogen-bond donors (Lipinski definition) is 1.